The van der Waals surface area contributed by atoms with Crippen molar-refractivity contribution in [3.63, 3.8) is 0 Å². The first-order valence-corrected chi connectivity index (χ1v) is 6.83. The van der Waals surface area contributed by atoms with Crippen molar-refractivity contribution >= 4 is 18.0 Å². The maximum absolute atomic E-state index is 12.1. The molecule has 4 heteroatoms. The lowest BCUT2D eigenvalue weighted by Crippen LogP contribution is -2.35. The largest absolute Gasteiger partial charge is 0.481 e. The summed E-state index contributed by atoms with van der Waals surface area (Å²) >= 11 is 0. The van der Waals surface area contributed by atoms with Crippen LogP contribution in [0.1, 0.15) is 25.3 Å². The maximum atomic E-state index is 12.1. The van der Waals surface area contributed by atoms with E-state index in [2.05, 4.69) is 0 Å². The molecule has 1 amide bonds. The van der Waals surface area contributed by atoms with E-state index in [4.69, 9.17) is 0 Å². The van der Waals surface area contributed by atoms with Crippen LogP contribution in [-0.2, 0) is 9.59 Å². The number of hydrogen-bond donors (Lipinski definition) is 1. The lowest BCUT2D eigenvalue weighted by molar-refractivity contribution is -0.148. The predicted octanol–water partition coefficient (Wildman–Crippen LogP) is 2.41. The number of hydrogen-bond acceptors (Lipinski definition) is 2. The van der Waals surface area contributed by atoms with Crippen molar-refractivity contribution in [2.24, 2.45) is 5.41 Å². The van der Waals surface area contributed by atoms with E-state index in [9.17, 15) is 14.7 Å². The molecular formula is C16H19NO3. The Bertz CT molecular complexity index is 524. The lowest BCUT2D eigenvalue weighted by Gasteiger charge is -2.22. The Kier molecular flexibility index (Phi) is 4.23. The van der Waals surface area contributed by atoms with Gasteiger partial charge >= 0.3 is 5.97 Å². The van der Waals surface area contributed by atoms with Crippen molar-refractivity contribution in [2.75, 3.05) is 13.1 Å². The molecule has 1 saturated heterocycles. The Morgan fingerprint density at radius 2 is 2.05 bits per heavy atom. The Morgan fingerprint density at radius 3 is 2.60 bits per heavy atom. The van der Waals surface area contributed by atoms with Crippen LogP contribution in [0.2, 0.25) is 0 Å². The van der Waals surface area contributed by atoms with Crippen LogP contribution < -0.4 is 0 Å². The van der Waals surface area contributed by atoms with Crippen LogP contribution in [0.3, 0.4) is 0 Å². The summed E-state index contributed by atoms with van der Waals surface area (Å²) in [5, 5.41) is 9.32. The molecule has 1 fully saturated rings. The first kappa shape index (κ1) is 14.3. The molecule has 1 aromatic rings. The van der Waals surface area contributed by atoms with E-state index in [1.165, 1.54) is 6.08 Å². The quantitative estimate of drug-likeness (QED) is 0.857. The molecule has 1 unspecified atom stereocenters. The highest BCUT2D eigenvalue weighted by atomic mass is 16.4. The molecule has 0 bridgehead atoms. The highest BCUT2D eigenvalue weighted by molar-refractivity contribution is 5.92. The standard InChI is InChI=1S/C16H19NO3/c1-2-16(15(19)20)10-11-17(12-16)14(18)9-8-13-6-4-3-5-7-13/h3-9H,2,10-12H2,1H3,(H,19,20). The summed E-state index contributed by atoms with van der Waals surface area (Å²) in [4.78, 5) is 25.1. The second-order valence-corrected chi connectivity index (χ2v) is 5.19. The van der Waals surface area contributed by atoms with E-state index in [0.29, 0.717) is 25.9 Å². The highest BCUT2D eigenvalue weighted by Gasteiger charge is 2.44. The van der Waals surface area contributed by atoms with Crippen LogP contribution in [0, 0.1) is 5.41 Å². The van der Waals surface area contributed by atoms with Gasteiger partial charge in [-0.15, -0.1) is 0 Å². The van der Waals surface area contributed by atoms with Crippen LogP contribution in [0.4, 0.5) is 0 Å². The molecular weight excluding hydrogens is 254 g/mol. The summed E-state index contributed by atoms with van der Waals surface area (Å²) in [5.74, 6) is -0.923. The van der Waals surface area contributed by atoms with Crippen molar-refractivity contribution < 1.29 is 14.7 Å². The minimum atomic E-state index is -0.803. The molecule has 106 valence electrons. The molecule has 0 saturated carbocycles. The van der Waals surface area contributed by atoms with E-state index in [1.807, 2.05) is 37.3 Å². The summed E-state index contributed by atoms with van der Waals surface area (Å²) in [6, 6.07) is 9.57. The van der Waals surface area contributed by atoms with Crippen LogP contribution in [0.15, 0.2) is 36.4 Å². The average Bonchev–Trinajstić information content (AvgIpc) is 2.92. The molecule has 1 atom stereocenters. The zero-order chi connectivity index (χ0) is 14.6. The van der Waals surface area contributed by atoms with Crippen LogP contribution in [-0.4, -0.2) is 35.0 Å². The van der Waals surface area contributed by atoms with E-state index < -0.39 is 11.4 Å². The zero-order valence-electron chi connectivity index (χ0n) is 11.6. The van der Waals surface area contributed by atoms with Gasteiger partial charge in [-0.2, -0.15) is 0 Å². The topological polar surface area (TPSA) is 57.6 Å². The number of carboxylic acid groups (broad SMARTS) is 1. The number of rotatable bonds is 4. The molecule has 2 rings (SSSR count). The highest BCUT2D eigenvalue weighted by Crippen LogP contribution is 2.34. The van der Waals surface area contributed by atoms with Gasteiger partial charge in [0, 0.05) is 19.2 Å². The maximum Gasteiger partial charge on any atom is 0.311 e. The smallest absolute Gasteiger partial charge is 0.311 e. The van der Waals surface area contributed by atoms with E-state index in [1.54, 1.807) is 11.0 Å². The first-order valence-electron chi connectivity index (χ1n) is 6.83. The summed E-state index contributed by atoms with van der Waals surface area (Å²) in [6.07, 6.45) is 4.36. The normalized spacial score (nSPS) is 22.4. The minimum Gasteiger partial charge on any atom is -0.481 e. The molecule has 1 aromatic carbocycles. The predicted molar refractivity (Wildman–Crippen MR) is 77.0 cm³/mol. The van der Waals surface area contributed by atoms with E-state index >= 15 is 0 Å². The molecule has 4 nitrogen and oxygen atoms in total. The van der Waals surface area contributed by atoms with Gasteiger partial charge in [0.15, 0.2) is 0 Å². The van der Waals surface area contributed by atoms with Crippen molar-refractivity contribution in [2.45, 2.75) is 19.8 Å². The molecule has 0 radical (unpaired) electrons. The van der Waals surface area contributed by atoms with Gasteiger partial charge in [-0.1, -0.05) is 37.3 Å². The number of carbonyl (C=O) groups is 2. The van der Waals surface area contributed by atoms with Gasteiger partial charge in [0.25, 0.3) is 0 Å². The van der Waals surface area contributed by atoms with Crippen LogP contribution in [0.5, 0.6) is 0 Å². The Labute approximate surface area is 118 Å². The van der Waals surface area contributed by atoms with Crippen molar-refractivity contribution in [3.8, 4) is 0 Å². The summed E-state index contributed by atoms with van der Waals surface area (Å²) in [7, 11) is 0. The number of benzene rings is 1. The Hall–Kier alpha value is -2.10. The summed E-state index contributed by atoms with van der Waals surface area (Å²) in [6.45, 7) is 2.68. The second-order valence-electron chi connectivity index (χ2n) is 5.19. The summed E-state index contributed by atoms with van der Waals surface area (Å²) < 4.78 is 0. The van der Waals surface area contributed by atoms with Gasteiger partial charge in [-0.05, 0) is 24.5 Å². The third-order valence-corrected chi connectivity index (χ3v) is 4.01. The van der Waals surface area contributed by atoms with Crippen molar-refractivity contribution in [1.82, 2.24) is 4.90 Å². The fraction of sp³-hybridized carbons (Fsp3) is 0.375. The number of amides is 1. The molecule has 0 aliphatic carbocycles. The van der Waals surface area contributed by atoms with Gasteiger partial charge < -0.3 is 10.0 Å². The number of nitrogens with zero attached hydrogens (tertiary/aromatic N) is 1. The third kappa shape index (κ3) is 2.90. The van der Waals surface area contributed by atoms with Crippen molar-refractivity contribution in [3.05, 3.63) is 42.0 Å². The number of aliphatic carboxylic acids is 1. The molecule has 1 heterocycles. The van der Waals surface area contributed by atoms with E-state index in [0.717, 1.165) is 5.56 Å². The molecule has 20 heavy (non-hydrogen) atoms. The van der Waals surface area contributed by atoms with Gasteiger partial charge in [0.05, 0.1) is 5.41 Å². The average molecular weight is 273 g/mol. The van der Waals surface area contributed by atoms with Gasteiger partial charge in [-0.25, -0.2) is 0 Å². The lowest BCUT2D eigenvalue weighted by atomic mass is 9.84. The van der Waals surface area contributed by atoms with Crippen molar-refractivity contribution in [1.29, 1.82) is 0 Å². The van der Waals surface area contributed by atoms with Crippen LogP contribution >= 0.6 is 0 Å². The Balaban J connectivity index is 2.02. The Morgan fingerprint density at radius 1 is 1.35 bits per heavy atom. The molecule has 1 aliphatic rings. The molecule has 0 spiro atoms. The fourth-order valence-corrected chi connectivity index (χ4v) is 2.51. The monoisotopic (exact) mass is 273 g/mol. The second kappa shape index (κ2) is 5.90. The SMILES string of the molecule is CCC1(C(=O)O)CCN(C(=O)C=Cc2ccccc2)C1. The third-order valence-electron chi connectivity index (χ3n) is 4.01. The number of carboxylic acids is 1. The zero-order valence-corrected chi connectivity index (χ0v) is 11.6. The van der Waals surface area contributed by atoms with Crippen LogP contribution in [0.25, 0.3) is 6.08 Å². The molecule has 1 aliphatic heterocycles. The first-order chi connectivity index (χ1) is 9.57. The number of carbonyl (C=O) groups excluding carboxylic acids is 1. The van der Waals surface area contributed by atoms with Gasteiger partial charge in [0.2, 0.25) is 5.91 Å². The van der Waals surface area contributed by atoms with Gasteiger partial charge in [-0.3, -0.25) is 9.59 Å². The van der Waals surface area contributed by atoms with E-state index in [-0.39, 0.29) is 5.91 Å². The molecule has 0 aromatic heterocycles. The molecule has 1 N–H and O–H groups in total. The minimum absolute atomic E-state index is 0.120. The number of likely N-dealkylation sites (tertiary alicyclic amines) is 1. The summed E-state index contributed by atoms with van der Waals surface area (Å²) in [5.41, 5.74) is 0.191. The van der Waals surface area contributed by atoms with Gasteiger partial charge in [0.1, 0.15) is 0 Å². The fourth-order valence-electron chi connectivity index (χ4n) is 2.51.